The highest BCUT2D eigenvalue weighted by Gasteiger charge is 2.58. The summed E-state index contributed by atoms with van der Waals surface area (Å²) >= 11 is 0. The third kappa shape index (κ3) is 3.01. The van der Waals surface area contributed by atoms with Crippen molar-refractivity contribution in [3.8, 4) is 5.75 Å². The first-order valence-corrected chi connectivity index (χ1v) is 7.95. The summed E-state index contributed by atoms with van der Waals surface area (Å²) in [5.74, 6) is -0.212. The third-order valence-corrected chi connectivity index (χ3v) is 4.06. The summed E-state index contributed by atoms with van der Waals surface area (Å²) in [5.41, 5.74) is -1.19. The monoisotopic (exact) mass is 347 g/mol. The van der Waals surface area contributed by atoms with E-state index in [-0.39, 0.29) is 24.4 Å². The summed E-state index contributed by atoms with van der Waals surface area (Å²) in [7, 11) is 1.52. The minimum absolute atomic E-state index is 0.0625. The summed E-state index contributed by atoms with van der Waals surface area (Å²) in [6.45, 7) is 5.44. The molecule has 0 bridgehead atoms. The van der Waals surface area contributed by atoms with Crippen LogP contribution in [0.2, 0.25) is 0 Å². The number of aliphatic hydroxyl groups excluding tert-OH is 1. The van der Waals surface area contributed by atoms with Gasteiger partial charge in [0.1, 0.15) is 16.9 Å². The molecule has 25 heavy (non-hydrogen) atoms. The normalized spacial score (nSPS) is 18.9. The lowest BCUT2D eigenvalue weighted by atomic mass is 9.90. The molecule has 1 spiro atoms. The molecule has 0 saturated carbocycles. The zero-order chi connectivity index (χ0) is 18.4. The molecular weight excluding hydrogens is 326 g/mol. The van der Waals surface area contributed by atoms with Crippen LogP contribution in [0, 0.1) is 0 Å². The Labute approximate surface area is 145 Å². The van der Waals surface area contributed by atoms with Crippen LogP contribution in [-0.4, -0.2) is 53.5 Å². The summed E-state index contributed by atoms with van der Waals surface area (Å²) in [6.07, 6.45) is -0.503. The second-order valence-corrected chi connectivity index (χ2v) is 7.18. The van der Waals surface area contributed by atoms with Crippen molar-refractivity contribution in [1.82, 2.24) is 4.90 Å². The van der Waals surface area contributed by atoms with Crippen molar-refractivity contribution in [3.05, 3.63) is 35.6 Å². The van der Waals surface area contributed by atoms with Gasteiger partial charge in [0.2, 0.25) is 5.60 Å². The maximum Gasteiger partial charge on any atom is 0.410 e. The second kappa shape index (κ2) is 5.68. The van der Waals surface area contributed by atoms with Crippen molar-refractivity contribution < 1.29 is 28.9 Å². The number of amides is 1. The van der Waals surface area contributed by atoms with E-state index in [1.807, 2.05) is 0 Å². The molecule has 0 aromatic heterocycles. The van der Waals surface area contributed by atoms with E-state index in [1.54, 1.807) is 45.0 Å². The van der Waals surface area contributed by atoms with E-state index in [4.69, 9.17) is 14.2 Å². The second-order valence-electron chi connectivity index (χ2n) is 7.18. The lowest BCUT2D eigenvalue weighted by Crippen LogP contribution is -2.65. The van der Waals surface area contributed by atoms with Crippen molar-refractivity contribution in [2.45, 2.75) is 32.0 Å². The number of ether oxygens (including phenoxy) is 3. The standard InChI is InChI=1S/C18H21NO6/c1-17(2,3)25-16(22)19-9-18(10-19)14(20)13(15(21)24-18)11-6-5-7-12(8-11)23-4/h5-8,20H,9-10H2,1-4H3. The highest BCUT2D eigenvalue weighted by atomic mass is 16.6. The van der Waals surface area contributed by atoms with Crippen LogP contribution in [-0.2, 0) is 14.3 Å². The molecular formula is C18H21NO6. The topological polar surface area (TPSA) is 85.3 Å². The summed E-state index contributed by atoms with van der Waals surface area (Å²) in [5, 5.41) is 10.6. The molecule has 0 aliphatic carbocycles. The molecule has 2 aliphatic rings. The van der Waals surface area contributed by atoms with Gasteiger partial charge in [-0.3, -0.25) is 4.90 Å². The van der Waals surface area contributed by atoms with Gasteiger partial charge in [-0.1, -0.05) is 12.1 Å². The maximum atomic E-state index is 12.3. The van der Waals surface area contributed by atoms with Crippen LogP contribution in [0.4, 0.5) is 4.79 Å². The van der Waals surface area contributed by atoms with E-state index in [1.165, 1.54) is 12.0 Å². The first-order chi connectivity index (χ1) is 11.6. The number of nitrogens with zero attached hydrogens (tertiary/aromatic N) is 1. The van der Waals surface area contributed by atoms with Gasteiger partial charge >= 0.3 is 12.1 Å². The fourth-order valence-corrected chi connectivity index (χ4v) is 2.87. The van der Waals surface area contributed by atoms with Crippen molar-refractivity contribution in [2.75, 3.05) is 20.2 Å². The molecule has 1 saturated heterocycles. The van der Waals surface area contributed by atoms with Gasteiger partial charge < -0.3 is 19.3 Å². The lowest BCUT2D eigenvalue weighted by Gasteiger charge is -2.45. The number of esters is 1. The van der Waals surface area contributed by atoms with Crippen LogP contribution in [0.5, 0.6) is 5.75 Å². The van der Waals surface area contributed by atoms with Crippen LogP contribution in [0.1, 0.15) is 26.3 Å². The van der Waals surface area contributed by atoms with Crippen molar-refractivity contribution in [1.29, 1.82) is 0 Å². The number of hydrogen-bond donors (Lipinski definition) is 1. The molecule has 1 amide bonds. The number of rotatable bonds is 2. The number of likely N-dealkylation sites (tertiary alicyclic amines) is 1. The van der Waals surface area contributed by atoms with E-state index >= 15 is 0 Å². The molecule has 1 N–H and O–H groups in total. The predicted molar refractivity (Wildman–Crippen MR) is 89.2 cm³/mol. The van der Waals surface area contributed by atoms with Crippen molar-refractivity contribution in [2.24, 2.45) is 0 Å². The summed E-state index contributed by atoms with van der Waals surface area (Å²) < 4.78 is 15.8. The molecule has 0 atom stereocenters. The van der Waals surface area contributed by atoms with Gasteiger partial charge in [-0.2, -0.15) is 0 Å². The smallest absolute Gasteiger partial charge is 0.410 e. The fraction of sp³-hybridized carbons (Fsp3) is 0.444. The Balaban J connectivity index is 1.81. The number of carbonyl (C=O) groups is 2. The van der Waals surface area contributed by atoms with Crippen LogP contribution in [0.15, 0.2) is 30.0 Å². The van der Waals surface area contributed by atoms with E-state index in [0.29, 0.717) is 11.3 Å². The number of carbonyl (C=O) groups excluding carboxylic acids is 2. The van der Waals surface area contributed by atoms with Crippen LogP contribution < -0.4 is 4.74 Å². The van der Waals surface area contributed by atoms with E-state index in [9.17, 15) is 14.7 Å². The number of benzene rings is 1. The Bertz CT molecular complexity index is 755. The third-order valence-electron chi connectivity index (χ3n) is 4.06. The van der Waals surface area contributed by atoms with Gasteiger partial charge in [-0.25, -0.2) is 9.59 Å². The molecule has 134 valence electrons. The Morgan fingerprint density at radius 1 is 1.32 bits per heavy atom. The van der Waals surface area contributed by atoms with E-state index in [2.05, 4.69) is 0 Å². The van der Waals surface area contributed by atoms with Crippen LogP contribution in [0.3, 0.4) is 0 Å². The largest absolute Gasteiger partial charge is 0.507 e. The zero-order valence-corrected chi connectivity index (χ0v) is 14.7. The molecule has 7 heteroatoms. The molecule has 0 unspecified atom stereocenters. The first kappa shape index (κ1) is 17.1. The minimum Gasteiger partial charge on any atom is -0.507 e. The zero-order valence-electron chi connectivity index (χ0n) is 14.7. The Kier molecular flexibility index (Phi) is 3.89. The molecule has 0 radical (unpaired) electrons. The molecule has 3 rings (SSSR count). The Morgan fingerprint density at radius 3 is 2.60 bits per heavy atom. The molecule has 1 fully saturated rings. The maximum absolute atomic E-state index is 12.3. The number of methoxy groups -OCH3 is 1. The molecule has 2 aliphatic heterocycles. The number of aliphatic hydroxyl groups is 1. The SMILES string of the molecule is COc1cccc(C2=C(O)C3(CN(C(=O)OC(C)(C)C)C3)OC2=O)c1. The lowest BCUT2D eigenvalue weighted by molar-refractivity contribution is -0.162. The highest BCUT2D eigenvalue weighted by molar-refractivity contribution is 6.20. The Morgan fingerprint density at radius 2 is 2.00 bits per heavy atom. The van der Waals surface area contributed by atoms with E-state index < -0.39 is 23.3 Å². The van der Waals surface area contributed by atoms with Gasteiger partial charge in [0.05, 0.1) is 20.2 Å². The van der Waals surface area contributed by atoms with Crippen LogP contribution >= 0.6 is 0 Å². The molecule has 1 aromatic carbocycles. The van der Waals surface area contributed by atoms with Gasteiger partial charge in [-0.05, 0) is 38.5 Å². The number of hydrogen-bond acceptors (Lipinski definition) is 6. The van der Waals surface area contributed by atoms with Crippen molar-refractivity contribution >= 4 is 17.6 Å². The fourth-order valence-electron chi connectivity index (χ4n) is 2.87. The van der Waals surface area contributed by atoms with E-state index in [0.717, 1.165) is 0 Å². The Hall–Kier alpha value is -2.70. The summed E-state index contributed by atoms with van der Waals surface area (Å²) in [4.78, 5) is 25.7. The van der Waals surface area contributed by atoms with Crippen molar-refractivity contribution in [3.63, 3.8) is 0 Å². The first-order valence-electron chi connectivity index (χ1n) is 7.95. The van der Waals surface area contributed by atoms with Gasteiger partial charge in [0, 0.05) is 0 Å². The van der Waals surface area contributed by atoms with Gasteiger partial charge in [0.15, 0.2) is 5.76 Å². The average molecular weight is 347 g/mol. The predicted octanol–water partition coefficient (Wildman–Crippen LogP) is 2.51. The molecule has 7 nitrogen and oxygen atoms in total. The van der Waals surface area contributed by atoms with Gasteiger partial charge in [0.25, 0.3) is 0 Å². The quantitative estimate of drug-likeness (QED) is 0.828. The highest BCUT2D eigenvalue weighted by Crippen LogP contribution is 2.43. The molecule has 1 aromatic rings. The minimum atomic E-state index is -1.19. The van der Waals surface area contributed by atoms with Gasteiger partial charge in [-0.15, -0.1) is 0 Å². The average Bonchev–Trinajstić information content (AvgIpc) is 2.75. The molecule has 2 heterocycles. The van der Waals surface area contributed by atoms with Crippen LogP contribution in [0.25, 0.3) is 5.57 Å². The summed E-state index contributed by atoms with van der Waals surface area (Å²) in [6, 6.07) is 6.81.